The van der Waals surface area contributed by atoms with Gasteiger partial charge in [0.05, 0.1) is 0 Å². The van der Waals surface area contributed by atoms with Gasteiger partial charge in [0.2, 0.25) is 0 Å². The van der Waals surface area contributed by atoms with Gasteiger partial charge < -0.3 is 5.11 Å². The molecule has 1 saturated heterocycles. The minimum atomic E-state index is -0.619. The quantitative estimate of drug-likeness (QED) is 0.805. The van der Waals surface area contributed by atoms with E-state index in [2.05, 4.69) is 18.7 Å². The summed E-state index contributed by atoms with van der Waals surface area (Å²) in [4.78, 5) is 13.7. The fraction of sp³-hybridized carbons (Fsp3) is 0.929. The average Bonchev–Trinajstić information content (AvgIpc) is 2.28. The number of carboxylic acid groups (broad SMARTS) is 1. The van der Waals surface area contributed by atoms with Crippen LogP contribution in [0.15, 0.2) is 0 Å². The molecule has 98 valence electrons. The highest BCUT2D eigenvalue weighted by molar-refractivity contribution is 5.73. The summed E-state index contributed by atoms with van der Waals surface area (Å²) in [5.41, 5.74) is 0.281. The largest absolute Gasteiger partial charge is 0.480 e. The van der Waals surface area contributed by atoms with Gasteiger partial charge in [-0.05, 0) is 37.6 Å². The lowest BCUT2D eigenvalue weighted by Crippen LogP contribution is -2.55. The molecule has 0 aromatic heterocycles. The maximum Gasteiger partial charge on any atom is 0.320 e. The number of rotatable bonds is 2. The van der Waals surface area contributed by atoms with Gasteiger partial charge in [-0.2, -0.15) is 0 Å². The van der Waals surface area contributed by atoms with Crippen molar-refractivity contribution in [2.45, 2.75) is 70.9 Å². The van der Waals surface area contributed by atoms with Crippen LogP contribution in [0, 0.1) is 5.41 Å². The SMILES string of the molecule is CC1(C)CCCCC1N1CCCCC1C(=O)O. The van der Waals surface area contributed by atoms with E-state index in [0.29, 0.717) is 6.04 Å². The van der Waals surface area contributed by atoms with Crippen LogP contribution >= 0.6 is 0 Å². The highest BCUT2D eigenvalue weighted by atomic mass is 16.4. The molecule has 0 amide bonds. The monoisotopic (exact) mass is 239 g/mol. The molecule has 1 heterocycles. The maximum absolute atomic E-state index is 11.4. The van der Waals surface area contributed by atoms with Crippen molar-refractivity contribution in [3.8, 4) is 0 Å². The molecule has 1 aliphatic heterocycles. The van der Waals surface area contributed by atoms with Gasteiger partial charge in [0.25, 0.3) is 0 Å². The third-order valence-electron chi connectivity index (χ3n) is 4.68. The van der Waals surface area contributed by atoms with E-state index in [0.717, 1.165) is 25.8 Å². The molecule has 3 heteroatoms. The van der Waals surface area contributed by atoms with E-state index in [4.69, 9.17) is 0 Å². The summed E-state index contributed by atoms with van der Waals surface area (Å²) in [6.45, 7) is 5.60. The zero-order valence-electron chi connectivity index (χ0n) is 11.1. The number of likely N-dealkylation sites (tertiary alicyclic amines) is 1. The Morgan fingerprint density at radius 2 is 1.88 bits per heavy atom. The first-order valence-electron chi connectivity index (χ1n) is 7.01. The molecule has 1 aliphatic carbocycles. The van der Waals surface area contributed by atoms with Crippen molar-refractivity contribution < 1.29 is 9.90 Å². The molecule has 2 fully saturated rings. The van der Waals surface area contributed by atoms with Gasteiger partial charge in [-0.3, -0.25) is 9.69 Å². The van der Waals surface area contributed by atoms with Crippen molar-refractivity contribution in [2.24, 2.45) is 5.41 Å². The van der Waals surface area contributed by atoms with Crippen molar-refractivity contribution in [3.05, 3.63) is 0 Å². The number of hydrogen-bond acceptors (Lipinski definition) is 2. The summed E-state index contributed by atoms with van der Waals surface area (Å²) in [5, 5.41) is 9.37. The number of carbonyl (C=O) groups is 1. The second-order valence-electron chi connectivity index (χ2n) is 6.34. The summed E-state index contributed by atoms with van der Waals surface area (Å²) >= 11 is 0. The van der Waals surface area contributed by atoms with E-state index in [9.17, 15) is 9.90 Å². The second-order valence-corrected chi connectivity index (χ2v) is 6.34. The minimum absolute atomic E-state index is 0.230. The summed E-state index contributed by atoms with van der Waals surface area (Å²) < 4.78 is 0. The van der Waals surface area contributed by atoms with Gasteiger partial charge in [-0.15, -0.1) is 0 Å². The topological polar surface area (TPSA) is 40.5 Å². The Kier molecular flexibility index (Phi) is 3.76. The molecule has 2 unspecified atom stereocenters. The lowest BCUT2D eigenvalue weighted by Gasteiger charge is -2.49. The number of hydrogen-bond donors (Lipinski definition) is 1. The van der Waals surface area contributed by atoms with Crippen LogP contribution in [0.25, 0.3) is 0 Å². The minimum Gasteiger partial charge on any atom is -0.480 e. The Hall–Kier alpha value is -0.570. The molecule has 2 aliphatic rings. The van der Waals surface area contributed by atoms with Gasteiger partial charge in [0.15, 0.2) is 0 Å². The van der Waals surface area contributed by atoms with E-state index in [1.807, 2.05) is 0 Å². The highest BCUT2D eigenvalue weighted by Crippen LogP contribution is 2.40. The van der Waals surface area contributed by atoms with Crippen molar-refractivity contribution >= 4 is 5.97 Å². The second kappa shape index (κ2) is 4.97. The van der Waals surface area contributed by atoms with Crippen LogP contribution in [0.3, 0.4) is 0 Å². The van der Waals surface area contributed by atoms with Crippen LogP contribution in [0.2, 0.25) is 0 Å². The molecule has 0 radical (unpaired) electrons. The fourth-order valence-electron chi connectivity index (χ4n) is 3.68. The predicted octanol–water partition coefficient (Wildman–Crippen LogP) is 2.89. The number of piperidine rings is 1. The van der Waals surface area contributed by atoms with Crippen LogP contribution in [0.1, 0.15) is 58.8 Å². The Morgan fingerprint density at radius 1 is 1.18 bits per heavy atom. The molecule has 0 bridgehead atoms. The van der Waals surface area contributed by atoms with Crippen LogP contribution in [0.4, 0.5) is 0 Å². The molecular formula is C14H25NO2. The lowest BCUT2D eigenvalue weighted by molar-refractivity contribution is -0.148. The van der Waals surface area contributed by atoms with Gasteiger partial charge in [0.1, 0.15) is 6.04 Å². The summed E-state index contributed by atoms with van der Waals surface area (Å²) in [6, 6.07) is 0.240. The first-order valence-corrected chi connectivity index (χ1v) is 7.01. The van der Waals surface area contributed by atoms with Crippen molar-refractivity contribution in [2.75, 3.05) is 6.54 Å². The standard InChI is InChI=1S/C14H25NO2/c1-14(2)9-5-3-8-12(14)15-10-6-4-7-11(15)13(16)17/h11-12H,3-10H2,1-2H3,(H,16,17). The third-order valence-corrected chi connectivity index (χ3v) is 4.68. The molecule has 2 rings (SSSR count). The molecule has 0 spiro atoms. The van der Waals surface area contributed by atoms with Crippen LogP contribution < -0.4 is 0 Å². The van der Waals surface area contributed by atoms with Gasteiger partial charge in [0, 0.05) is 6.04 Å². The molecule has 2 atom stereocenters. The van der Waals surface area contributed by atoms with Gasteiger partial charge in [-0.25, -0.2) is 0 Å². The zero-order valence-corrected chi connectivity index (χ0v) is 11.1. The van der Waals surface area contributed by atoms with E-state index >= 15 is 0 Å². The third kappa shape index (κ3) is 2.65. The summed E-state index contributed by atoms with van der Waals surface area (Å²) in [7, 11) is 0. The van der Waals surface area contributed by atoms with Crippen molar-refractivity contribution in [3.63, 3.8) is 0 Å². The summed E-state index contributed by atoms with van der Waals surface area (Å²) in [5.74, 6) is -0.619. The van der Waals surface area contributed by atoms with Gasteiger partial charge >= 0.3 is 5.97 Å². The molecule has 17 heavy (non-hydrogen) atoms. The van der Waals surface area contributed by atoms with Crippen molar-refractivity contribution in [1.82, 2.24) is 4.90 Å². The molecule has 0 aromatic carbocycles. The Morgan fingerprint density at radius 3 is 2.53 bits per heavy atom. The first kappa shape index (κ1) is 12.9. The molecule has 3 nitrogen and oxygen atoms in total. The van der Waals surface area contributed by atoms with Crippen molar-refractivity contribution in [1.29, 1.82) is 0 Å². The number of carboxylic acids is 1. The lowest BCUT2D eigenvalue weighted by atomic mass is 9.71. The van der Waals surface area contributed by atoms with Gasteiger partial charge in [-0.1, -0.05) is 33.1 Å². The van der Waals surface area contributed by atoms with Crippen LogP contribution in [0.5, 0.6) is 0 Å². The Balaban J connectivity index is 2.14. The Bertz CT molecular complexity index is 288. The fourth-order valence-corrected chi connectivity index (χ4v) is 3.68. The smallest absolute Gasteiger partial charge is 0.320 e. The predicted molar refractivity (Wildman–Crippen MR) is 68.0 cm³/mol. The summed E-state index contributed by atoms with van der Waals surface area (Å²) in [6.07, 6.45) is 8.04. The Labute approximate surface area is 104 Å². The van der Waals surface area contributed by atoms with E-state index in [-0.39, 0.29) is 11.5 Å². The normalized spacial score (nSPS) is 34.5. The van der Waals surface area contributed by atoms with Crippen LogP contribution in [-0.2, 0) is 4.79 Å². The number of nitrogens with zero attached hydrogens (tertiary/aromatic N) is 1. The molecular weight excluding hydrogens is 214 g/mol. The van der Waals surface area contributed by atoms with E-state index in [1.165, 1.54) is 25.7 Å². The van der Waals surface area contributed by atoms with E-state index < -0.39 is 5.97 Å². The highest BCUT2D eigenvalue weighted by Gasteiger charge is 2.41. The van der Waals surface area contributed by atoms with E-state index in [1.54, 1.807) is 0 Å². The first-order chi connectivity index (χ1) is 8.02. The zero-order chi connectivity index (χ0) is 12.5. The maximum atomic E-state index is 11.4. The van der Waals surface area contributed by atoms with Crippen LogP contribution in [-0.4, -0.2) is 34.6 Å². The number of aliphatic carboxylic acids is 1. The molecule has 1 N–H and O–H groups in total. The molecule has 0 aromatic rings. The average molecular weight is 239 g/mol. The molecule has 1 saturated carbocycles.